The molecule has 2 rings (SSSR count). The summed E-state index contributed by atoms with van der Waals surface area (Å²) in [6, 6.07) is 0.784. The van der Waals surface area contributed by atoms with Gasteiger partial charge in [0.05, 0.1) is 0 Å². The molecule has 2 nitrogen and oxygen atoms in total. The Morgan fingerprint density at radius 2 is 1.90 bits per heavy atom. The second-order valence-corrected chi connectivity index (χ2v) is 7.74. The third-order valence-electron chi connectivity index (χ3n) is 5.91. The highest BCUT2D eigenvalue weighted by Gasteiger charge is 2.30. The van der Waals surface area contributed by atoms with Gasteiger partial charge in [-0.1, -0.05) is 27.2 Å². The lowest BCUT2D eigenvalue weighted by molar-refractivity contribution is 0.146. The fourth-order valence-corrected chi connectivity index (χ4v) is 4.45. The first-order chi connectivity index (χ1) is 10.2. The summed E-state index contributed by atoms with van der Waals surface area (Å²) in [6.07, 6.45) is 11.2. The molecule has 0 amide bonds. The summed E-state index contributed by atoms with van der Waals surface area (Å²) in [5, 5.41) is 3.84. The van der Waals surface area contributed by atoms with Crippen molar-refractivity contribution in [1.29, 1.82) is 0 Å². The van der Waals surface area contributed by atoms with E-state index in [9.17, 15) is 0 Å². The van der Waals surface area contributed by atoms with Crippen LogP contribution in [0.4, 0.5) is 0 Å². The minimum atomic E-state index is 0.784. The van der Waals surface area contributed by atoms with Crippen molar-refractivity contribution in [3.63, 3.8) is 0 Å². The van der Waals surface area contributed by atoms with E-state index < -0.39 is 0 Å². The molecule has 0 aromatic rings. The van der Waals surface area contributed by atoms with Crippen LogP contribution in [0.5, 0.6) is 0 Å². The van der Waals surface area contributed by atoms with Gasteiger partial charge in [-0.05, 0) is 82.3 Å². The summed E-state index contributed by atoms with van der Waals surface area (Å²) in [5.74, 6) is 2.82. The van der Waals surface area contributed by atoms with E-state index in [2.05, 4.69) is 31.0 Å². The van der Waals surface area contributed by atoms with Crippen molar-refractivity contribution >= 4 is 0 Å². The molecule has 1 aliphatic carbocycles. The summed E-state index contributed by atoms with van der Waals surface area (Å²) in [6.45, 7) is 12.4. The molecular weight excluding hydrogens is 256 g/mol. The van der Waals surface area contributed by atoms with E-state index in [1.165, 1.54) is 77.5 Å². The molecule has 1 heterocycles. The SMILES string of the molecule is CCCNC1CCC(C)CC1CN1CCCC(CC)CC1. The molecule has 0 aromatic carbocycles. The van der Waals surface area contributed by atoms with Gasteiger partial charge in [-0.15, -0.1) is 0 Å². The largest absolute Gasteiger partial charge is 0.314 e. The van der Waals surface area contributed by atoms with Crippen LogP contribution in [-0.2, 0) is 0 Å². The van der Waals surface area contributed by atoms with Gasteiger partial charge >= 0.3 is 0 Å². The Morgan fingerprint density at radius 3 is 2.67 bits per heavy atom. The Morgan fingerprint density at radius 1 is 1.05 bits per heavy atom. The molecule has 2 fully saturated rings. The van der Waals surface area contributed by atoms with E-state index in [4.69, 9.17) is 0 Å². The third-order valence-corrected chi connectivity index (χ3v) is 5.91. The second kappa shape index (κ2) is 9.15. The molecule has 124 valence electrons. The first-order valence-electron chi connectivity index (χ1n) is 9.68. The fraction of sp³-hybridized carbons (Fsp3) is 1.00. The van der Waals surface area contributed by atoms with Crippen molar-refractivity contribution in [2.45, 2.75) is 78.2 Å². The predicted molar refractivity (Wildman–Crippen MR) is 92.7 cm³/mol. The number of nitrogens with zero attached hydrogens (tertiary/aromatic N) is 1. The summed E-state index contributed by atoms with van der Waals surface area (Å²) in [7, 11) is 0. The van der Waals surface area contributed by atoms with Crippen molar-refractivity contribution in [2.75, 3.05) is 26.2 Å². The van der Waals surface area contributed by atoms with Gasteiger partial charge in [-0.2, -0.15) is 0 Å². The highest BCUT2D eigenvalue weighted by atomic mass is 15.1. The van der Waals surface area contributed by atoms with Crippen LogP contribution in [0.25, 0.3) is 0 Å². The molecule has 4 unspecified atom stereocenters. The first-order valence-corrected chi connectivity index (χ1v) is 9.68. The van der Waals surface area contributed by atoms with E-state index in [1.54, 1.807) is 0 Å². The van der Waals surface area contributed by atoms with Crippen molar-refractivity contribution in [3.8, 4) is 0 Å². The van der Waals surface area contributed by atoms with E-state index >= 15 is 0 Å². The lowest BCUT2D eigenvalue weighted by Crippen LogP contribution is -2.46. The fourth-order valence-electron chi connectivity index (χ4n) is 4.45. The molecular formula is C19H38N2. The Hall–Kier alpha value is -0.0800. The highest BCUT2D eigenvalue weighted by Crippen LogP contribution is 2.31. The van der Waals surface area contributed by atoms with Crippen molar-refractivity contribution < 1.29 is 0 Å². The molecule has 4 atom stereocenters. The molecule has 0 radical (unpaired) electrons. The predicted octanol–water partition coefficient (Wildman–Crippen LogP) is 4.30. The zero-order chi connectivity index (χ0) is 15.1. The molecule has 1 aliphatic heterocycles. The normalized spacial score (nSPS) is 35.6. The zero-order valence-corrected chi connectivity index (χ0v) is 14.7. The summed E-state index contributed by atoms with van der Waals surface area (Å²) >= 11 is 0. The van der Waals surface area contributed by atoms with Gasteiger partial charge in [-0.3, -0.25) is 0 Å². The average molecular weight is 295 g/mol. The number of nitrogens with one attached hydrogen (secondary N) is 1. The maximum Gasteiger partial charge on any atom is 0.0108 e. The van der Waals surface area contributed by atoms with E-state index in [-0.39, 0.29) is 0 Å². The van der Waals surface area contributed by atoms with Crippen LogP contribution < -0.4 is 5.32 Å². The van der Waals surface area contributed by atoms with Gasteiger partial charge in [0.2, 0.25) is 0 Å². The minimum Gasteiger partial charge on any atom is -0.314 e. The molecule has 1 N–H and O–H groups in total. The first kappa shape index (κ1) is 17.3. The molecule has 0 aromatic heterocycles. The molecule has 1 saturated heterocycles. The quantitative estimate of drug-likeness (QED) is 0.785. The zero-order valence-electron chi connectivity index (χ0n) is 14.7. The maximum atomic E-state index is 3.84. The van der Waals surface area contributed by atoms with Crippen LogP contribution in [0.3, 0.4) is 0 Å². The number of rotatable bonds is 6. The summed E-state index contributed by atoms with van der Waals surface area (Å²) < 4.78 is 0. The maximum absolute atomic E-state index is 3.84. The van der Waals surface area contributed by atoms with Gasteiger partial charge in [-0.25, -0.2) is 0 Å². The molecule has 21 heavy (non-hydrogen) atoms. The van der Waals surface area contributed by atoms with Gasteiger partial charge in [0.15, 0.2) is 0 Å². The third kappa shape index (κ3) is 5.56. The van der Waals surface area contributed by atoms with Crippen LogP contribution >= 0.6 is 0 Å². The molecule has 0 spiro atoms. The Bertz CT molecular complexity index is 277. The second-order valence-electron chi connectivity index (χ2n) is 7.74. The Labute approximate surface area is 133 Å². The number of hydrogen-bond acceptors (Lipinski definition) is 2. The van der Waals surface area contributed by atoms with E-state index in [0.29, 0.717) is 0 Å². The molecule has 1 saturated carbocycles. The highest BCUT2D eigenvalue weighted by molar-refractivity contribution is 4.86. The molecule has 2 heteroatoms. The number of hydrogen-bond donors (Lipinski definition) is 1. The van der Waals surface area contributed by atoms with E-state index in [1.807, 2.05) is 0 Å². The molecule has 0 bridgehead atoms. The van der Waals surface area contributed by atoms with Crippen molar-refractivity contribution in [1.82, 2.24) is 10.2 Å². The van der Waals surface area contributed by atoms with Crippen molar-refractivity contribution in [2.24, 2.45) is 17.8 Å². The summed E-state index contributed by atoms with van der Waals surface area (Å²) in [5.41, 5.74) is 0. The van der Waals surface area contributed by atoms with Crippen LogP contribution in [0.1, 0.15) is 72.1 Å². The van der Waals surface area contributed by atoms with Gasteiger partial charge in [0.1, 0.15) is 0 Å². The average Bonchev–Trinajstić information content (AvgIpc) is 2.72. The minimum absolute atomic E-state index is 0.784. The monoisotopic (exact) mass is 294 g/mol. The lowest BCUT2D eigenvalue weighted by Gasteiger charge is -2.38. The van der Waals surface area contributed by atoms with Crippen LogP contribution in [0.2, 0.25) is 0 Å². The van der Waals surface area contributed by atoms with Gasteiger partial charge in [0.25, 0.3) is 0 Å². The Balaban J connectivity index is 1.85. The van der Waals surface area contributed by atoms with Crippen LogP contribution in [-0.4, -0.2) is 37.1 Å². The topological polar surface area (TPSA) is 15.3 Å². The van der Waals surface area contributed by atoms with E-state index in [0.717, 1.165) is 23.8 Å². The van der Waals surface area contributed by atoms with Crippen molar-refractivity contribution in [3.05, 3.63) is 0 Å². The standard InChI is InChI=1S/C19H38N2/c1-4-11-20-19-9-8-16(3)14-18(19)15-21-12-6-7-17(5-2)10-13-21/h16-20H,4-15H2,1-3H3. The Kier molecular flexibility index (Phi) is 7.53. The van der Waals surface area contributed by atoms with Crippen LogP contribution in [0, 0.1) is 17.8 Å². The summed E-state index contributed by atoms with van der Waals surface area (Å²) in [4.78, 5) is 2.79. The van der Waals surface area contributed by atoms with Gasteiger partial charge in [0, 0.05) is 12.6 Å². The molecule has 2 aliphatic rings. The van der Waals surface area contributed by atoms with Crippen LogP contribution in [0.15, 0.2) is 0 Å². The number of likely N-dealkylation sites (tertiary alicyclic amines) is 1. The lowest BCUT2D eigenvalue weighted by atomic mass is 9.78. The smallest absolute Gasteiger partial charge is 0.0108 e. The van der Waals surface area contributed by atoms with Gasteiger partial charge < -0.3 is 10.2 Å².